The number of halogens is 1. The van der Waals surface area contributed by atoms with E-state index in [0.717, 1.165) is 32.5 Å². The van der Waals surface area contributed by atoms with E-state index in [1.807, 2.05) is 25.1 Å². The molecule has 1 N–H and O–H groups in total. The first-order chi connectivity index (χ1) is 13.2. The molecular formula is C20H23BrN4O2S. The zero-order valence-corrected chi connectivity index (χ0v) is 18.5. The highest BCUT2D eigenvalue weighted by Crippen LogP contribution is 2.26. The van der Waals surface area contributed by atoms with Crippen molar-refractivity contribution >= 4 is 42.5 Å². The summed E-state index contributed by atoms with van der Waals surface area (Å²) in [6, 6.07) is 10.1. The predicted octanol–water partition coefficient (Wildman–Crippen LogP) is 4.25. The Kier molecular flexibility index (Phi) is 6.30. The van der Waals surface area contributed by atoms with E-state index in [4.69, 9.17) is 0 Å². The average Bonchev–Trinajstić information content (AvgIpc) is 2.61. The van der Waals surface area contributed by atoms with Crippen LogP contribution in [0, 0.1) is 6.92 Å². The third-order valence-corrected chi connectivity index (χ3v) is 5.92. The standard InChI is InChI=1S/C20H23BrN4O2S/c1-13(15-6-4-7-16(21)10-15)23-20-18-11-17(8-5-9-28(3,26)27)22-12-19(18)24-14(2)25-20/h4,6-7,10-13H,5,8-9H2,1-3H3,(H,23,24,25)/t13-/m1/s1. The predicted molar refractivity (Wildman–Crippen MR) is 116 cm³/mol. The molecule has 3 aromatic rings. The second-order valence-corrected chi connectivity index (χ2v) is 10.1. The van der Waals surface area contributed by atoms with Gasteiger partial charge in [0.25, 0.3) is 0 Å². The van der Waals surface area contributed by atoms with Crippen molar-refractivity contribution in [2.75, 3.05) is 17.3 Å². The van der Waals surface area contributed by atoms with E-state index in [1.165, 1.54) is 6.26 Å². The Morgan fingerprint density at radius 3 is 2.71 bits per heavy atom. The van der Waals surface area contributed by atoms with Gasteiger partial charge in [-0.1, -0.05) is 28.1 Å². The molecule has 0 amide bonds. The smallest absolute Gasteiger partial charge is 0.147 e. The molecule has 0 unspecified atom stereocenters. The lowest BCUT2D eigenvalue weighted by molar-refractivity contribution is 0.599. The van der Waals surface area contributed by atoms with Crippen LogP contribution in [-0.2, 0) is 16.3 Å². The van der Waals surface area contributed by atoms with E-state index in [2.05, 4.69) is 55.3 Å². The van der Waals surface area contributed by atoms with Gasteiger partial charge in [-0.05, 0) is 50.5 Å². The maximum absolute atomic E-state index is 11.4. The zero-order chi connectivity index (χ0) is 20.3. The molecule has 0 aliphatic carbocycles. The number of nitrogens with one attached hydrogen (secondary N) is 1. The highest BCUT2D eigenvalue weighted by atomic mass is 79.9. The number of pyridine rings is 1. The zero-order valence-electron chi connectivity index (χ0n) is 16.1. The Morgan fingerprint density at radius 2 is 2.00 bits per heavy atom. The van der Waals surface area contributed by atoms with Crippen molar-refractivity contribution in [1.29, 1.82) is 0 Å². The molecule has 6 nitrogen and oxygen atoms in total. The molecule has 8 heteroatoms. The number of hydrogen-bond donors (Lipinski definition) is 1. The molecule has 0 aliphatic rings. The number of aryl methyl sites for hydroxylation is 2. The molecule has 0 bridgehead atoms. The van der Waals surface area contributed by atoms with Gasteiger partial charge in [-0.15, -0.1) is 0 Å². The first-order valence-electron chi connectivity index (χ1n) is 9.04. The molecule has 0 fully saturated rings. The van der Waals surface area contributed by atoms with Gasteiger partial charge in [0, 0.05) is 21.8 Å². The van der Waals surface area contributed by atoms with E-state index in [1.54, 1.807) is 6.20 Å². The minimum Gasteiger partial charge on any atom is -0.363 e. The highest BCUT2D eigenvalue weighted by molar-refractivity contribution is 9.10. The van der Waals surface area contributed by atoms with Crippen LogP contribution in [0.4, 0.5) is 5.82 Å². The summed E-state index contributed by atoms with van der Waals surface area (Å²) in [4.78, 5) is 13.5. The van der Waals surface area contributed by atoms with Crippen LogP contribution in [0.2, 0.25) is 0 Å². The summed E-state index contributed by atoms with van der Waals surface area (Å²) in [5, 5.41) is 4.37. The fourth-order valence-electron chi connectivity index (χ4n) is 3.02. The summed E-state index contributed by atoms with van der Waals surface area (Å²) in [6.45, 7) is 3.94. The molecule has 1 atom stereocenters. The van der Waals surface area contributed by atoms with Gasteiger partial charge in [0.2, 0.25) is 0 Å². The first kappa shape index (κ1) is 20.7. The van der Waals surface area contributed by atoms with Crippen molar-refractivity contribution in [2.24, 2.45) is 0 Å². The van der Waals surface area contributed by atoms with E-state index < -0.39 is 9.84 Å². The number of nitrogens with zero attached hydrogens (tertiary/aromatic N) is 3. The van der Waals surface area contributed by atoms with E-state index in [-0.39, 0.29) is 11.8 Å². The molecule has 0 spiro atoms. The third-order valence-electron chi connectivity index (χ3n) is 4.40. The van der Waals surface area contributed by atoms with Crippen LogP contribution < -0.4 is 5.32 Å². The van der Waals surface area contributed by atoms with Gasteiger partial charge in [0.15, 0.2) is 0 Å². The molecule has 0 aliphatic heterocycles. The molecule has 2 aromatic heterocycles. The largest absolute Gasteiger partial charge is 0.363 e. The normalized spacial score (nSPS) is 12.9. The average molecular weight is 463 g/mol. The Morgan fingerprint density at radius 1 is 1.21 bits per heavy atom. The van der Waals surface area contributed by atoms with Gasteiger partial charge in [-0.25, -0.2) is 18.4 Å². The lowest BCUT2D eigenvalue weighted by atomic mass is 10.1. The number of sulfone groups is 1. The molecule has 1 aromatic carbocycles. The third kappa shape index (κ3) is 5.48. The summed E-state index contributed by atoms with van der Waals surface area (Å²) in [5.74, 6) is 1.58. The number of hydrogen-bond acceptors (Lipinski definition) is 6. The van der Waals surface area contributed by atoms with Crippen LogP contribution in [0.1, 0.15) is 36.5 Å². The maximum atomic E-state index is 11.4. The van der Waals surface area contributed by atoms with E-state index in [9.17, 15) is 8.42 Å². The molecule has 2 heterocycles. The van der Waals surface area contributed by atoms with Gasteiger partial charge < -0.3 is 5.32 Å². The minimum atomic E-state index is -2.97. The summed E-state index contributed by atoms with van der Waals surface area (Å²) in [6.07, 6.45) is 4.12. The Balaban J connectivity index is 1.88. The van der Waals surface area contributed by atoms with Crippen LogP contribution >= 0.6 is 15.9 Å². The van der Waals surface area contributed by atoms with Crippen molar-refractivity contribution in [3.63, 3.8) is 0 Å². The summed E-state index contributed by atoms with van der Waals surface area (Å²) >= 11 is 3.51. The quantitative estimate of drug-likeness (QED) is 0.564. The first-order valence-corrected chi connectivity index (χ1v) is 11.9. The number of aromatic nitrogens is 3. The van der Waals surface area contributed by atoms with Crippen molar-refractivity contribution in [3.8, 4) is 0 Å². The van der Waals surface area contributed by atoms with Crippen molar-refractivity contribution in [1.82, 2.24) is 15.0 Å². The molecule has 148 valence electrons. The Bertz CT molecular complexity index is 1100. The lowest BCUT2D eigenvalue weighted by Gasteiger charge is -2.17. The van der Waals surface area contributed by atoms with Crippen LogP contribution in [0.3, 0.4) is 0 Å². The molecular weight excluding hydrogens is 440 g/mol. The van der Waals surface area contributed by atoms with Crippen LogP contribution in [0.25, 0.3) is 10.9 Å². The second kappa shape index (κ2) is 8.53. The van der Waals surface area contributed by atoms with Crippen molar-refractivity contribution in [2.45, 2.75) is 32.7 Å². The molecule has 3 rings (SSSR count). The lowest BCUT2D eigenvalue weighted by Crippen LogP contribution is -2.10. The van der Waals surface area contributed by atoms with E-state index in [0.29, 0.717) is 18.7 Å². The number of fused-ring (bicyclic) bond motifs is 1. The van der Waals surface area contributed by atoms with Gasteiger partial charge in [-0.3, -0.25) is 4.98 Å². The minimum absolute atomic E-state index is 0.0526. The molecule has 0 saturated carbocycles. The van der Waals surface area contributed by atoms with E-state index >= 15 is 0 Å². The molecule has 28 heavy (non-hydrogen) atoms. The van der Waals surface area contributed by atoms with Crippen LogP contribution in [0.15, 0.2) is 41.0 Å². The fraction of sp³-hybridized carbons (Fsp3) is 0.350. The van der Waals surface area contributed by atoms with Crippen molar-refractivity contribution < 1.29 is 8.42 Å². The van der Waals surface area contributed by atoms with Gasteiger partial charge in [-0.2, -0.15) is 0 Å². The highest BCUT2D eigenvalue weighted by Gasteiger charge is 2.12. The van der Waals surface area contributed by atoms with Crippen molar-refractivity contribution in [3.05, 3.63) is 58.1 Å². The van der Waals surface area contributed by atoms with Crippen LogP contribution in [0.5, 0.6) is 0 Å². The van der Waals surface area contributed by atoms with Gasteiger partial charge in [0.05, 0.1) is 23.5 Å². The topological polar surface area (TPSA) is 84.8 Å². The fourth-order valence-corrected chi connectivity index (χ4v) is 4.10. The number of benzene rings is 1. The second-order valence-electron chi connectivity index (χ2n) is 6.97. The Labute approximate surface area is 173 Å². The Hall–Kier alpha value is -2.06. The number of anilines is 1. The SMILES string of the molecule is Cc1nc(N[C@H](C)c2cccc(Br)c2)c2cc(CCCS(C)(=O)=O)ncc2n1. The summed E-state index contributed by atoms with van der Waals surface area (Å²) in [5.41, 5.74) is 2.74. The number of rotatable bonds is 7. The molecule has 0 saturated heterocycles. The van der Waals surface area contributed by atoms with Gasteiger partial charge in [0.1, 0.15) is 21.5 Å². The summed E-state index contributed by atoms with van der Waals surface area (Å²) < 4.78 is 23.7. The molecule has 0 radical (unpaired) electrons. The maximum Gasteiger partial charge on any atom is 0.147 e. The monoisotopic (exact) mass is 462 g/mol. The summed E-state index contributed by atoms with van der Waals surface area (Å²) in [7, 11) is -2.97. The van der Waals surface area contributed by atoms with Crippen LogP contribution in [-0.4, -0.2) is 35.4 Å². The van der Waals surface area contributed by atoms with Gasteiger partial charge >= 0.3 is 0 Å².